The molecule has 0 unspecified atom stereocenters. The maximum atomic E-state index is 12.2. The van der Waals surface area contributed by atoms with E-state index >= 15 is 0 Å². The number of esters is 2. The van der Waals surface area contributed by atoms with Gasteiger partial charge in [0.2, 0.25) is 0 Å². The summed E-state index contributed by atoms with van der Waals surface area (Å²) in [5.74, 6) is -1.60. The van der Waals surface area contributed by atoms with Crippen LogP contribution >= 0.6 is 0 Å². The number of carbonyl (C=O) groups excluding carboxylic acids is 2. The second-order valence-electron chi connectivity index (χ2n) is 5.31. The molecule has 2 aliphatic rings. The van der Waals surface area contributed by atoms with Crippen LogP contribution in [0.5, 0.6) is 0 Å². The molecule has 0 bridgehead atoms. The summed E-state index contributed by atoms with van der Waals surface area (Å²) in [6.07, 6.45) is 3.93. The molecule has 1 saturated carbocycles. The molecule has 1 spiro atoms. The Morgan fingerprint density at radius 3 is 2.19 bits per heavy atom. The van der Waals surface area contributed by atoms with Crippen LogP contribution in [0.4, 0.5) is 0 Å². The molecule has 0 radical (unpaired) electrons. The van der Waals surface area contributed by atoms with Gasteiger partial charge in [0.25, 0.3) is 0 Å². The van der Waals surface area contributed by atoms with Crippen LogP contribution < -0.4 is 0 Å². The lowest BCUT2D eigenvalue weighted by atomic mass is 9.94. The number of allylic oxidation sites excluding steroid dienone is 1. The summed E-state index contributed by atoms with van der Waals surface area (Å²) in [5.41, 5.74) is 1.49. The summed E-state index contributed by atoms with van der Waals surface area (Å²) >= 11 is 0. The van der Waals surface area contributed by atoms with E-state index in [0.29, 0.717) is 13.2 Å². The largest absolute Gasteiger partial charge is 0.466 e. The molecule has 2 atom stereocenters. The third kappa shape index (κ3) is 1.89. The number of hydrogen-bond donors (Lipinski definition) is 0. The van der Waals surface area contributed by atoms with Crippen molar-refractivity contribution in [3.63, 3.8) is 0 Å². The van der Waals surface area contributed by atoms with E-state index in [1.165, 1.54) is 0 Å². The monoisotopic (exact) mass is 286 g/mol. The van der Waals surface area contributed by atoms with Crippen molar-refractivity contribution in [2.24, 2.45) is 11.8 Å². The van der Waals surface area contributed by atoms with Crippen molar-refractivity contribution < 1.29 is 19.1 Å². The zero-order valence-corrected chi connectivity index (χ0v) is 12.2. The number of rotatable bonds is 4. The van der Waals surface area contributed by atoms with Crippen LogP contribution in [0.2, 0.25) is 0 Å². The van der Waals surface area contributed by atoms with Gasteiger partial charge in [-0.25, -0.2) is 0 Å². The lowest BCUT2D eigenvalue weighted by Gasteiger charge is -2.11. The minimum absolute atomic E-state index is 0.312. The topological polar surface area (TPSA) is 52.6 Å². The third-order valence-corrected chi connectivity index (χ3v) is 4.30. The van der Waals surface area contributed by atoms with Crippen molar-refractivity contribution in [3.8, 4) is 0 Å². The van der Waals surface area contributed by atoms with Gasteiger partial charge in [0.15, 0.2) is 0 Å². The quantitative estimate of drug-likeness (QED) is 0.797. The Morgan fingerprint density at radius 1 is 1.05 bits per heavy atom. The number of hydrogen-bond acceptors (Lipinski definition) is 4. The van der Waals surface area contributed by atoms with Crippen LogP contribution in [0.15, 0.2) is 30.3 Å². The Morgan fingerprint density at radius 2 is 1.62 bits per heavy atom. The fourth-order valence-electron chi connectivity index (χ4n) is 3.43. The van der Waals surface area contributed by atoms with Crippen LogP contribution in [0.1, 0.15) is 25.0 Å². The third-order valence-electron chi connectivity index (χ3n) is 4.30. The molecule has 1 aromatic rings. The first kappa shape index (κ1) is 13.9. The minimum atomic E-state index is -0.574. The highest BCUT2D eigenvalue weighted by molar-refractivity contribution is 5.96. The summed E-state index contributed by atoms with van der Waals surface area (Å²) in [7, 11) is 0. The Kier molecular flexibility index (Phi) is 3.32. The molecule has 0 aliphatic heterocycles. The Labute approximate surface area is 123 Å². The lowest BCUT2D eigenvalue weighted by Crippen LogP contribution is -2.14. The molecule has 0 N–H and O–H groups in total. The average molecular weight is 286 g/mol. The van der Waals surface area contributed by atoms with E-state index in [2.05, 4.69) is 0 Å². The van der Waals surface area contributed by atoms with Gasteiger partial charge in [-0.2, -0.15) is 0 Å². The molecular formula is C17H18O4. The van der Waals surface area contributed by atoms with Crippen LogP contribution in [0, 0.1) is 11.8 Å². The van der Waals surface area contributed by atoms with E-state index in [9.17, 15) is 9.59 Å². The van der Waals surface area contributed by atoms with E-state index in [-0.39, 0.29) is 11.9 Å². The molecule has 2 aliphatic carbocycles. The molecule has 4 heteroatoms. The fourth-order valence-corrected chi connectivity index (χ4v) is 3.43. The summed E-state index contributed by atoms with van der Waals surface area (Å²) in [6.45, 7) is 4.16. The van der Waals surface area contributed by atoms with E-state index in [4.69, 9.17) is 9.47 Å². The normalized spacial score (nSPS) is 28.3. The molecule has 21 heavy (non-hydrogen) atoms. The summed E-state index contributed by atoms with van der Waals surface area (Å²) in [6, 6.07) is 7.84. The summed E-state index contributed by atoms with van der Waals surface area (Å²) < 4.78 is 10.3. The van der Waals surface area contributed by atoms with Crippen molar-refractivity contribution in [3.05, 3.63) is 41.5 Å². The smallest absolute Gasteiger partial charge is 0.311 e. The molecule has 1 aromatic carbocycles. The molecule has 3 rings (SSSR count). The molecular weight excluding hydrogens is 268 g/mol. The second kappa shape index (κ2) is 5.02. The first-order valence-corrected chi connectivity index (χ1v) is 7.28. The van der Waals surface area contributed by atoms with Gasteiger partial charge in [-0.3, -0.25) is 9.59 Å². The second-order valence-corrected chi connectivity index (χ2v) is 5.31. The molecule has 0 aromatic heterocycles. The predicted molar refractivity (Wildman–Crippen MR) is 77.4 cm³/mol. The van der Waals surface area contributed by atoms with E-state index in [1.54, 1.807) is 13.8 Å². The molecule has 1 fully saturated rings. The van der Waals surface area contributed by atoms with Gasteiger partial charge < -0.3 is 9.47 Å². The number of fused-ring (bicyclic) bond motifs is 2. The number of carbonyl (C=O) groups is 2. The molecule has 4 nitrogen and oxygen atoms in total. The highest BCUT2D eigenvalue weighted by atomic mass is 16.5. The van der Waals surface area contributed by atoms with Gasteiger partial charge >= 0.3 is 11.9 Å². The van der Waals surface area contributed by atoms with Gasteiger partial charge in [0.05, 0.1) is 25.0 Å². The number of benzene rings is 1. The molecule has 0 heterocycles. The maximum absolute atomic E-state index is 12.2. The van der Waals surface area contributed by atoms with Crippen molar-refractivity contribution >= 4 is 18.0 Å². The standard InChI is InChI=1S/C17H18O4/c1-3-20-15(18)13-14(16(19)21-4-2)17(13)10-9-11-7-5-6-8-12(11)17/h5-10,13-14H,3-4H2,1-2H3/t13-,14-/m0/s1. The highest BCUT2D eigenvalue weighted by Crippen LogP contribution is 2.65. The Bertz CT molecular complexity index is 593. The molecule has 110 valence electrons. The van der Waals surface area contributed by atoms with Crippen molar-refractivity contribution in [2.75, 3.05) is 13.2 Å². The van der Waals surface area contributed by atoms with Crippen molar-refractivity contribution in [2.45, 2.75) is 19.3 Å². The van der Waals surface area contributed by atoms with Crippen LogP contribution in [0.3, 0.4) is 0 Å². The Balaban J connectivity index is 1.98. The van der Waals surface area contributed by atoms with Crippen LogP contribution in [-0.4, -0.2) is 25.2 Å². The predicted octanol–water partition coefficient (Wildman–Crippen LogP) is 2.32. The number of ether oxygens (including phenoxy) is 2. The Hall–Kier alpha value is -2.10. The SMILES string of the molecule is CCOC(=O)[C@@H]1[C@@H](C(=O)OCC)C12C=Cc1ccccc12. The average Bonchev–Trinajstić information content (AvgIpc) is 3.01. The van der Waals surface area contributed by atoms with Crippen molar-refractivity contribution in [1.29, 1.82) is 0 Å². The first-order valence-electron chi connectivity index (χ1n) is 7.28. The lowest BCUT2D eigenvalue weighted by molar-refractivity contribution is -0.150. The van der Waals surface area contributed by atoms with Crippen LogP contribution in [0.25, 0.3) is 6.08 Å². The van der Waals surface area contributed by atoms with E-state index < -0.39 is 17.3 Å². The summed E-state index contributed by atoms with van der Waals surface area (Å²) in [5, 5.41) is 0. The zero-order chi connectivity index (χ0) is 15.0. The van der Waals surface area contributed by atoms with Gasteiger partial charge in [-0.15, -0.1) is 0 Å². The molecule has 0 saturated heterocycles. The van der Waals surface area contributed by atoms with Gasteiger partial charge in [0.1, 0.15) is 0 Å². The zero-order valence-electron chi connectivity index (χ0n) is 12.2. The van der Waals surface area contributed by atoms with Gasteiger partial charge in [0, 0.05) is 5.41 Å². The first-order chi connectivity index (χ1) is 10.2. The minimum Gasteiger partial charge on any atom is -0.466 e. The van der Waals surface area contributed by atoms with E-state index in [1.807, 2.05) is 36.4 Å². The van der Waals surface area contributed by atoms with Crippen LogP contribution in [-0.2, 0) is 24.5 Å². The van der Waals surface area contributed by atoms with Gasteiger partial charge in [-0.1, -0.05) is 36.4 Å². The fraction of sp³-hybridized carbons (Fsp3) is 0.412. The van der Waals surface area contributed by atoms with Crippen molar-refractivity contribution in [1.82, 2.24) is 0 Å². The summed E-state index contributed by atoms with van der Waals surface area (Å²) in [4.78, 5) is 24.5. The molecule has 0 amide bonds. The van der Waals surface area contributed by atoms with E-state index in [0.717, 1.165) is 11.1 Å². The van der Waals surface area contributed by atoms with Gasteiger partial charge in [-0.05, 0) is 25.0 Å². The highest BCUT2D eigenvalue weighted by Gasteiger charge is 2.73. The maximum Gasteiger partial charge on any atom is 0.311 e.